The van der Waals surface area contributed by atoms with Crippen LogP contribution in [0.25, 0.3) is 0 Å². The normalized spacial score (nSPS) is 19.7. The fourth-order valence-electron chi connectivity index (χ4n) is 2.90. The maximum atomic E-state index is 12.5. The Kier molecular flexibility index (Phi) is 4.97. The van der Waals surface area contributed by atoms with E-state index in [2.05, 4.69) is 0 Å². The lowest BCUT2D eigenvalue weighted by Crippen LogP contribution is -2.29. The molecule has 25 heavy (non-hydrogen) atoms. The van der Waals surface area contributed by atoms with E-state index in [9.17, 15) is 4.79 Å². The molecule has 0 saturated carbocycles. The summed E-state index contributed by atoms with van der Waals surface area (Å²) in [7, 11) is 0. The molecule has 1 aromatic rings. The second-order valence-electron chi connectivity index (χ2n) is 5.63. The van der Waals surface area contributed by atoms with E-state index in [0.29, 0.717) is 27.1 Å². The average Bonchev–Trinajstić information content (AvgIpc) is 2.53. The largest absolute Gasteiger partial charge is 0.494 e. The maximum Gasteiger partial charge on any atom is 0.340 e. The highest BCUT2D eigenvalue weighted by atomic mass is 35.5. The van der Waals surface area contributed by atoms with Crippen molar-refractivity contribution < 1.29 is 19.0 Å². The van der Waals surface area contributed by atoms with Crippen molar-refractivity contribution in [2.75, 3.05) is 13.2 Å². The monoisotopic (exact) mass is 381 g/mol. The van der Waals surface area contributed by atoms with Crippen LogP contribution in [0.2, 0.25) is 10.0 Å². The highest BCUT2D eigenvalue weighted by Crippen LogP contribution is 2.44. The molecular weight excluding hydrogens is 365 g/mol. The van der Waals surface area contributed by atoms with Crippen molar-refractivity contribution in [1.29, 1.82) is 0 Å². The van der Waals surface area contributed by atoms with Crippen LogP contribution in [0.4, 0.5) is 0 Å². The SMILES string of the molecule is CCOC(=O)C1=C(N)OC2=C(COC(C)=C2)[C@H]1c1ccc(Cl)cc1Cl. The van der Waals surface area contributed by atoms with Gasteiger partial charge in [0.25, 0.3) is 0 Å². The van der Waals surface area contributed by atoms with Crippen LogP contribution in [0.1, 0.15) is 25.3 Å². The molecule has 3 rings (SSSR count). The zero-order chi connectivity index (χ0) is 18.1. The van der Waals surface area contributed by atoms with Crippen molar-refractivity contribution in [1.82, 2.24) is 0 Å². The first-order valence-corrected chi connectivity index (χ1v) is 8.51. The topological polar surface area (TPSA) is 70.8 Å². The first kappa shape index (κ1) is 17.7. The molecule has 0 radical (unpaired) electrons. The molecule has 2 aliphatic rings. The average molecular weight is 382 g/mol. The third kappa shape index (κ3) is 3.34. The van der Waals surface area contributed by atoms with Crippen LogP contribution in [-0.4, -0.2) is 19.2 Å². The van der Waals surface area contributed by atoms with Gasteiger partial charge in [0, 0.05) is 21.7 Å². The van der Waals surface area contributed by atoms with Crippen LogP contribution in [0.5, 0.6) is 0 Å². The Labute approximate surface area is 155 Å². The molecule has 0 saturated heterocycles. The lowest BCUT2D eigenvalue weighted by atomic mass is 9.82. The lowest BCUT2D eigenvalue weighted by Gasteiger charge is -2.32. The van der Waals surface area contributed by atoms with Crippen molar-refractivity contribution in [3.05, 3.63) is 68.4 Å². The third-order valence-corrected chi connectivity index (χ3v) is 4.56. The van der Waals surface area contributed by atoms with Crippen LogP contribution in [0, 0.1) is 0 Å². The molecule has 132 valence electrons. The van der Waals surface area contributed by atoms with Gasteiger partial charge in [-0.15, -0.1) is 0 Å². The van der Waals surface area contributed by atoms with Gasteiger partial charge in [-0.25, -0.2) is 4.79 Å². The van der Waals surface area contributed by atoms with Gasteiger partial charge in [-0.3, -0.25) is 0 Å². The molecule has 5 nitrogen and oxygen atoms in total. The molecule has 0 amide bonds. The van der Waals surface area contributed by atoms with Gasteiger partial charge in [-0.1, -0.05) is 29.3 Å². The lowest BCUT2D eigenvalue weighted by molar-refractivity contribution is -0.139. The fourth-order valence-corrected chi connectivity index (χ4v) is 3.42. The van der Waals surface area contributed by atoms with E-state index in [1.807, 2.05) is 6.92 Å². The highest BCUT2D eigenvalue weighted by Gasteiger charge is 2.39. The molecule has 1 aromatic carbocycles. The molecule has 2 aliphatic heterocycles. The molecule has 2 heterocycles. The minimum atomic E-state index is -0.547. The summed E-state index contributed by atoms with van der Waals surface area (Å²) in [6.45, 7) is 4.02. The number of rotatable bonds is 3. The van der Waals surface area contributed by atoms with Crippen molar-refractivity contribution in [3.63, 3.8) is 0 Å². The summed E-state index contributed by atoms with van der Waals surface area (Å²) >= 11 is 12.4. The van der Waals surface area contributed by atoms with Crippen molar-refractivity contribution in [3.8, 4) is 0 Å². The van der Waals surface area contributed by atoms with E-state index >= 15 is 0 Å². The number of benzene rings is 1. The summed E-state index contributed by atoms with van der Waals surface area (Å²) in [4.78, 5) is 12.5. The number of carbonyl (C=O) groups is 1. The molecule has 0 aliphatic carbocycles. The number of nitrogens with two attached hydrogens (primary N) is 1. The summed E-state index contributed by atoms with van der Waals surface area (Å²) in [6, 6.07) is 5.10. The Hall–Kier alpha value is -2.11. The van der Waals surface area contributed by atoms with Crippen LogP contribution < -0.4 is 5.73 Å². The Bertz CT molecular complexity index is 826. The number of hydrogen-bond acceptors (Lipinski definition) is 5. The second kappa shape index (κ2) is 7.02. The number of hydrogen-bond donors (Lipinski definition) is 1. The molecule has 0 fully saturated rings. The van der Waals surface area contributed by atoms with Crippen LogP contribution in [0.15, 0.2) is 52.8 Å². The Morgan fingerprint density at radius 2 is 2.16 bits per heavy atom. The predicted octanol–water partition coefficient (Wildman–Crippen LogP) is 4.03. The maximum absolute atomic E-state index is 12.5. The Morgan fingerprint density at radius 1 is 1.40 bits per heavy atom. The summed E-state index contributed by atoms with van der Waals surface area (Å²) in [5, 5.41) is 0.924. The first-order chi connectivity index (χ1) is 11.9. The molecular formula is C18H17Cl2NO4. The molecule has 0 bridgehead atoms. The molecule has 7 heteroatoms. The summed E-state index contributed by atoms with van der Waals surface area (Å²) < 4.78 is 16.5. The predicted molar refractivity (Wildman–Crippen MR) is 94.9 cm³/mol. The zero-order valence-electron chi connectivity index (χ0n) is 13.8. The Morgan fingerprint density at radius 3 is 2.84 bits per heavy atom. The number of allylic oxidation sites excluding steroid dienone is 2. The second-order valence-corrected chi connectivity index (χ2v) is 6.48. The van der Waals surface area contributed by atoms with E-state index in [4.69, 9.17) is 43.1 Å². The van der Waals surface area contributed by atoms with Crippen molar-refractivity contribution in [2.24, 2.45) is 5.73 Å². The number of esters is 1. The highest BCUT2D eigenvalue weighted by molar-refractivity contribution is 6.35. The van der Waals surface area contributed by atoms with Gasteiger partial charge < -0.3 is 19.9 Å². The zero-order valence-corrected chi connectivity index (χ0v) is 15.3. The van der Waals surface area contributed by atoms with Crippen LogP contribution in [0.3, 0.4) is 0 Å². The molecule has 2 N–H and O–H groups in total. The van der Waals surface area contributed by atoms with E-state index < -0.39 is 11.9 Å². The fraction of sp³-hybridized carbons (Fsp3) is 0.278. The summed E-state index contributed by atoms with van der Waals surface area (Å²) in [6.07, 6.45) is 1.74. The third-order valence-electron chi connectivity index (χ3n) is 4.00. The minimum Gasteiger partial charge on any atom is -0.494 e. The summed E-state index contributed by atoms with van der Waals surface area (Å²) in [5.74, 6) is 0.183. The number of ether oxygens (including phenoxy) is 3. The number of halogens is 2. The standard InChI is InChI=1S/C18H17Cl2NO4/c1-3-23-18(22)16-15(11-5-4-10(19)7-13(11)20)12-8-24-9(2)6-14(12)25-17(16)21/h4-7,15H,3,8,21H2,1-2H3/t15-/m1/s1. The first-order valence-electron chi connectivity index (χ1n) is 7.76. The molecule has 0 spiro atoms. The van der Waals surface area contributed by atoms with E-state index in [-0.39, 0.29) is 24.7 Å². The van der Waals surface area contributed by atoms with Crippen molar-refractivity contribution in [2.45, 2.75) is 19.8 Å². The smallest absolute Gasteiger partial charge is 0.340 e. The Balaban J connectivity index is 2.18. The van der Waals surface area contributed by atoms with Crippen molar-refractivity contribution >= 4 is 29.2 Å². The van der Waals surface area contributed by atoms with E-state index in [0.717, 1.165) is 5.57 Å². The summed E-state index contributed by atoms with van der Waals surface area (Å²) in [5.41, 5.74) is 7.70. The number of carbonyl (C=O) groups excluding carboxylic acids is 1. The van der Waals surface area contributed by atoms with Gasteiger partial charge >= 0.3 is 5.97 Å². The van der Waals surface area contributed by atoms with E-state index in [1.54, 1.807) is 31.2 Å². The quantitative estimate of drug-likeness (QED) is 0.800. The molecule has 0 aromatic heterocycles. The van der Waals surface area contributed by atoms with Crippen LogP contribution >= 0.6 is 23.2 Å². The van der Waals surface area contributed by atoms with Gasteiger partial charge in [0.1, 0.15) is 17.9 Å². The molecule has 1 atom stereocenters. The van der Waals surface area contributed by atoms with Gasteiger partial charge in [-0.05, 0) is 31.5 Å². The van der Waals surface area contributed by atoms with Crippen LogP contribution in [-0.2, 0) is 19.0 Å². The van der Waals surface area contributed by atoms with E-state index in [1.165, 1.54) is 0 Å². The van der Waals surface area contributed by atoms with Gasteiger partial charge in [0.15, 0.2) is 0 Å². The van der Waals surface area contributed by atoms with Gasteiger partial charge in [0.05, 0.1) is 18.3 Å². The molecule has 0 unspecified atom stereocenters. The van der Waals surface area contributed by atoms with Gasteiger partial charge in [0.2, 0.25) is 5.88 Å². The minimum absolute atomic E-state index is 0.000772. The van der Waals surface area contributed by atoms with Gasteiger partial charge in [-0.2, -0.15) is 0 Å².